The van der Waals surface area contributed by atoms with Crippen LogP contribution < -0.4 is 4.74 Å². The van der Waals surface area contributed by atoms with Crippen LogP contribution in [0.1, 0.15) is 23.4 Å². The number of aliphatic carboxylic acids is 1. The molecule has 0 spiro atoms. The van der Waals surface area contributed by atoms with Gasteiger partial charge in [-0.05, 0) is 43.5 Å². The molecule has 0 saturated heterocycles. The summed E-state index contributed by atoms with van der Waals surface area (Å²) in [6, 6.07) is 4.10. The number of fused-ring (bicyclic) bond motifs is 1. The van der Waals surface area contributed by atoms with Crippen LogP contribution in [-0.2, 0) is 17.8 Å². The highest BCUT2D eigenvalue weighted by atomic mass is 16.5. The molecule has 0 amide bonds. The zero-order valence-corrected chi connectivity index (χ0v) is 13.1. The molecule has 0 bridgehead atoms. The van der Waals surface area contributed by atoms with Gasteiger partial charge in [0.05, 0.1) is 18.7 Å². The summed E-state index contributed by atoms with van der Waals surface area (Å²) in [5.74, 6) is 0.808. The number of methoxy groups -OCH3 is 1. The van der Waals surface area contributed by atoms with Gasteiger partial charge in [-0.2, -0.15) is 0 Å². The minimum absolute atomic E-state index is 0.312. The van der Waals surface area contributed by atoms with Crippen LogP contribution in [0.15, 0.2) is 18.3 Å². The number of carboxylic acids is 1. The molecule has 116 valence electrons. The maximum absolute atomic E-state index is 11.2. The third-order valence-corrected chi connectivity index (χ3v) is 4.36. The fourth-order valence-corrected chi connectivity index (χ4v) is 3.06. The molecule has 2 aromatic rings. The Morgan fingerprint density at radius 2 is 2.14 bits per heavy atom. The summed E-state index contributed by atoms with van der Waals surface area (Å²) in [5.41, 5.74) is 4.15. The molecule has 1 N–H and O–H groups in total. The molecule has 0 fully saturated rings. The maximum atomic E-state index is 11.2. The third-order valence-electron chi connectivity index (χ3n) is 4.36. The van der Waals surface area contributed by atoms with E-state index in [-0.39, 0.29) is 5.92 Å². The lowest BCUT2D eigenvalue weighted by Gasteiger charge is -2.19. The van der Waals surface area contributed by atoms with Gasteiger partial charge in [-0.3, -0.25) is 4.79 Å². The Hall–Kier alpha value is -2.30. The molecule has 0 radical (unpaired) electrons. The summed E-state index contributed by atoms with van der Waals surface area (Å²) in [4.78, 5) is 15.9. The predicted octanol–water partition coefficient (Wildman–Crippen LogP) is 2.82. The molecule has 5 nitrogen and oxygen atoms in total. The highest BCUT2D eigenvalue weighted by Crippen LogP contribution is 2.31. The zero-order chi connectivity index (χ0) is 15.9. The van der Waals surface area contributed by atoms with E-state index < -0.39 is 5.97 Å². The number of benzene rings is 1. The second-order valence-electron chi connectivity index (χ2n) is 5.91. The lowest BCUT2D eigenvalue weighted by atomic mass is 10.00. The number of hydrogen-bond donors (Lipinski definition) is 1. The Kier molecular flexibility index (Phi) is 3.64. The minimum atomic E-state index is -0.725. The highest BCUT2D eigenvalue weighted by molar-refractivity contribution is 5.70. The van der Waals surface area contributed by atoms with E-state index in [1.165, 1.54) is 0 Å². The van der Waals surface area contributed by atoms with E-state index in [9.17, 15) is 9.90 Å². The number of nitrogens with zero attached hydrogens (tertiary/aromatic N) is 2. The van der Waals surface area contributed by atoms with Crippen molar-refractivity contribution in [3.63, 3.8) is 0 Å². The number of rotatable bonds is 3. The van der Waals surface area contributed by atoms with Gasteiger partial charge < -0.3 is 14.4 Å². The summed E-state index contributed by atoms with van der Waals surface area (Å²) < 4.78 is 7.33. The van der Waals surface area contributed by atoms with Crippen molar-refractivity contribution in [2.75, 3.05) is 7.11 Å². The van der Waals surface area contributed by atoms with Crippen molar-refractivity contribution in [3.05, 3.63) is 35.3 Å². The van der Waals surface area contributed by atoms with E-state index in [2.05, 4.69) is 6.07 Å². The van der Waals surface area contributed by atoms with Crippen LogP contribution in [0.25, 0.3) is 11.3 Å². The highest BCUT2D eigenvalue weighted by Gasteiger charge is 2.25. The monoisotopic (exact) mass is 300 g/mol. The molecule has 1 aliphatic heterocycles. The first-order chi connectivity index (χ1) is 10.5. The smallest absolute Gasteiger partial charge is 0.308 e. The molecule has 1 aliphatic rings. The van der Waals surface area contributed by atoms with Crippen LogP contribution in [0.3, 0.4) is 0 Å². The van der Waals surface area contributed by atoms with Gasteiger partial charge in [0.2, 0.25) is 0 Å². The zero-order valence-electron chi connectivity index (χ0n) is 13.1. The standard InChI is InChI=1S/C17H20N2O3/c1-10-7-15(22-3)11(2)6-13(10)14-9-19-8-12(17(20)21)4-5-16(19)18-14/h6-7,9,12H,4-5,8H2,1-3H3,(H,20,21). The van der Waals surface area contributed by atoms with Crippen LogP contribution in [-0.4, -0.2) is 27.7 Å². The number of imidazole rings is 1. The van der Waals surface area contributed by atoms with Gasteiger partial charge in [-0.25, -0.2) is 4.98 Å². The molecule has 3 rings (SSSR count). The van der Waals surface area contributed by atoms with Gasteiger partial charge in [-0.1, -0.05) is 0 Å². The first-order valence-electron chi connectivity index (χ1n) is 7.44. The van der Waals surface area contributed by atoms with Gasteiger partial charge in [0.25, 0.3) is 0 Å². The van der Waals surface area contributed by atoms with Crippen molar-refractivity contribution in [2.45, 2.75) is 33.2 Å². The van der Waals surface area contributed by atoms with Crippen LogP contribution in [0.4, 0.5) is 0 Å². The third kappa shape index (κ3) is 2.47. The van der Waals surface area contributed by atoms with E-state index in [1.807, 2.05) is 30.7 Å². The predicted molar refractivity (Wildman–Crippen MR) is 83.1 cm³/mol. The minimum Gasteiger partial charge on any atom is -0.496 e. The molecule has 0 aliphatic carbocycles. The molecule has 2 heterocycles. The number of aromatic nitrogens is 2. The lowest BCUT2D eigenvalue weighted by molar-refractivity contribution is -0.142. The summed E-state index contributed by atoms with van der Waals surface area (Å²) in [6.45, 7) is 4.56. The number of aryl methyl sites for hydroxylation is 3. The molecule has 1 unspecified atom stereocenters. The summed E-state index contributed by atoms with van der Waals surface area (Å²) in [7, 11) is 1.67. The maximum Gasteiger partial charge on any atom is 0.308 e. The molecule has 1 atom stereocenters. The van der Waals surface area contributed by atoms with Crippen LogP contribution in [0.5, 0.6) is 5.75 Å². The fourth-order valence-electron chi connectivity index (χ4n) is 3.06. The molecular formula is C17H20N2O3. The number of carboxylic acid groups (broad SMARTS) is 1. The Morgan fingerprint density at radius 3 is 2.82 bits per heavy atom. The van der Waals surface area contributed by atoms with Crippen molar-refractivity contribution in [2.24, 2.45) is 5.92 Å². The molecule has 1 aromatic heterocycles. The van der Waals surface area contributed by atoms with E-state index in [1.54, 1.807) is 7.11 Å². The Balaban J connectivity index is 1.98. The number of hydrogen-bond acceptors (Lipinski definition) is 3. The summed E-state index contributed by atoms with van der Waals surface area (Å²) in [6.07, 6.45) is 3.34. The first kappa shape index (κ1) is 14.6. The normalized spacial score (nSPS) is 17.1. The lowest BCUT2D eigenvalue weighted by Crippen LogP contribution is -2.26. The number of carbonyl (C=O) groups is 1. The Bertz CT molecular complexity index is 734. The van der Waals surface area contributed by atoms with Crippen molar-refractivity contribution in [3.8, 4) is 17.0 Å². The number of ether oxygens (including phenoxy) is 1. The summed E-state index contributed by atoms with van der Waals surface area (Å²) in [5, 5.41) is 9.18. The van der Waals surface area contributed by atoms with E-state index in [4.69, 9.17) is 9.72 Å². The average Bonchev–Trinajstić information content (AvgIpc) is 2.91. The van der Waals surface area contributed by atoms with Crippen molar-refractivity contribution in [1.82, 2.24) is 9.55 Å². The second-order valence-corrected chi connectivity index (χ2v) is 5.91. The van der Waals surface area contributed by atoms with E-state index in [0.717, 1.165) is 34.0 Å². The Morgan fingerprint density at radius 1 is 1.36 bits per heavy atom. The van der Waals surface area contributed by atoms with Gasteiger partial charge >= 0.3 is 5.97 Å². The van der Waals surface area contributed by atoms with Crippen LogP contribution in [0, 0.1) is 19.8 Å². The van der Waals surface area contributed by atoms with E-state index >= 15 is 0 Å². The quantitative estimate of drug-likeness (QED) is 0.946. The van der Waals surface area contributed by atoms with Gasteiger partial charge in [0.1, 0.15) is 11.6 Å². The van der Waals surface area contributed by atoms with Gasteiger partial charge in [0.15, 0.2) is 0 Å². The first-order valence-corrected chi connectivity index (χ1v) is 7.44. The summed E-state index contributed by atoms with van der Waals surface area (Å²) >= 11 is 0. The molecule has 0 saturated carbocycles. The van der Waals surface area contributed by atoms with Crippen LogP contribution in [0.2, 0.25) is 0 Å². The van der Waals surface area contributed by atoms with Gasteiger partial charge in [-0.15, -0.1) is 0 Å². The van der Waals surface area contributed by atoms with Gasteiger partial charge in [0, 0.05) is 24.7 Å². The van der Waals surface area contributed by atoms with Crippen molar-refractivity contribution < 1.29 is 14.6 Å². The van der Waals surface area contributed by atoms with Crippen LogP contribution >= 0.6 is 0 Å². The fraction of sp³-hybridized carbons (Fsp3) is 0.412. The van der Waals surface area contributed by atoms with E-state index in [0.29, 0.717) is 19.4 Å². The Labute approximate surface area is 129 Å². The second kappa shape index (κ2) is 5.48. The molecule has 5 heteroatoms. The topological polar surface area (TPSA) is 64.4 Å². The van der Waals surface area contributed by atoms with Crippen molar-refractivity contribution in [1.29, 1.82) is 0 Å². The largest absolute Gasteiger partial charge is 0.496 e. The SMILES string of the molecule is COc1cc(C)c(-c2cn3c(n2)CCC(C(=O)O)C3)cc1C. The molecular weight excluding hydrogens is 280 g/mol. The molecule has 22 heavy (non-hydrogen) atoms. The average molecular weight is 300 g/mol. The van der Waals surface area contributed by atoms with Crippen molar-refractivity contribution >= 4 is 5.97 Å². The molecule has 1 aromatic carbocycles.